The molecular weight excluding hydrogens is 322 g/mol. The van der Waals surface area contributed by atoms with Crippen molar-refractivity contribution in [3.63, 3.8) is 0 Å². The molecule has 1 aromatic carbocycles. The van der Waals surface area contributed by atoms with Crippen LogP contribution in [0.15, 0.2) is 29.1 Å². The number of amides is 1. The van der Waals surface area contributed by atoms with Crippen molar-refractivity contribution >= 4 is 17.0 Å². The number of hydrogen-bond acceptors (Lipinski definition) is 5. The minimum atomic E-state index is -0.456. The van der Waals surface area contributed by atoms with Crippen LogP contribution < -0.4 is 15.6 Å². The van der Waals surface area contributed by atoms with E-state index in [2.05, 4.69) is 15.2 Å². The number of piperidine rings is 1. The number of carbonyl (C=O) groups excluding carboxylic acids is 1. The number of benzene rings is 1. The van der Waals surface area contributed by atoms with Crippen molar-refractivity contribution in [2.75, 3.05) is 26.7 Å². The van der Waals surface area contributed by atoms with Crippen molar-refractivity contribution in [3.05, 3.63) is 40.2 Å². The van der Waals surface area contributed by atoms with Crippen molar-refractivity contribution in [1.82, 2.24) is 15.2 Å². The Bertz CT molecular complexity index is 878. The predicted molar refractivity (Wildman–Crippen MR) is 92.8 cm³/mol. The van der Waals surface area contributed by atoms with Crippen LogP contribution in [0.4, 0.5) is 4.79 Å². The molecule has 0 aliphatic carbocycles. The van der Waals surface area contributed by atoms with E-state index in [4.69, 9.17) is 9.47 Å². The molecule has 1 aromatic heterocycles. The molecule has 1 spiro atoms. The molecule has 0 unspecified atom stereocenters. The van der Waals surface area contributed by atoms with Gasteiger partial charge in [-0.3, -0.25) is 9.69 Å². The van der Waals surface area contributed by atoms with Gasteiger partial charge in [-0.05, 0) is 43.7 Å². The third-order valence-electron chi connectivity index (χ3n) is 5.00. The molecule has 132 valence electrons. The Kier molecular flexibility index (Phi) is 3.88. The van der Waals surface area contributed by atoms with Crippen LogP contribution in [0.5, 0.6) is 5.75 Å². The number of alkyl carbamates (subject to hydrolysis) is 1. The maximum absolute atomic E-state index is 12.4. The highest BCUT2D eigenvalue weighted by molar-refractivity contribution is 5.80. The third-order valence-corrected chi connectivity index (χ3v) is 5.00. The second-order valence-corrected chi connectivity index (χ2v) is 6.82. The minimum absolute atomic E-state index is 0.0844. The summed E-state index contributed by atoms with van der Waals surface area (Å²) in [6, 6.07) is 7.50. The smallest absolute Gasteiger partial charge is 0.407 e. The zero-order valence-electron chi connectivity index (χ0n) is 14.1. The van der Waals surface area contributed by atoms with Crippen molar-refractivity contribution in [3.8, 4) is 5.75 Å². The summed E-state index contributed by atoms with van der Waals surface area (Å²) in [6.07, 6.45) is 1.44. The normalized spacial score (nSPS) is 23.6. The zero-order valence-corrected chi connectivity index (χ0v) is 14.1. The number of rotatable bonds is 3. The SMILES string of the molecule is COc1ccc2[nH]c(=O)c(CN3CCC[C@@]4(CNC(=O)O4)C3)cc2c1. The van der Waals surface area contributed by atoms with Crippen molar-refractivity contribution in [2.24, 2.45) is 0 Å². The Hall–Kier alpha value is -2.54. The van der Waals surface area contributed by atoms with E-state index in [9.17, 15) is 9.59 Å². The number of fused-ring (bicyclic) bond motifs is 1. The average Bonchev–Trinajstić information content (AvgIpc) is 2.95. The number of hydrogen-bond donors (Lipinski definition) is 2. The van der Waals surface area contributed by atoms with Crippen molar-refractivity contribution < 1.29 is 14.3 Å². The number of likely N-dealkylation sites (tertiary alicyclic amines) is 1. The Labute approximate surface area is 144 Å². The van der Waals surface area contributed by atoms with Crippen LogP contribution >= 0.6 is 0 Å². The van der Waals surface area contributed by atoms with Crippen LogP contribution in [0.1, 0.15) is 18.4 Å². The fourth-order valence-corrected chi connectivity index (χ4v) is 3.77. The molecule has 3 heterocycles. The Morgan fingerprint density at radius 2 is 2.20 bits per heavy atom. The van der Waals surface area contributed by atoms with Gasteiger partial charge in [-0.25, -0.2) is 4.79 Å². The molecule has 2 aliphatic rings. The second-order valence-electron chi connectivity index (χ2n) is 6.82. The van der Waals surface area contributed by atoms with Crippen LogP contribution in [0, 0.1) is 0 Å². The summed E-state index contributed by atoms with van der Waals surface area (Å²) in [5.41, 5.74) is 0.954. The van der Waals surface area contributed by atoms with Gasteiger partial charge in [0.05, 0.1) is 13.7 Å². The number of nitrogens with zero attached hydrogens (tertiary/aromatic N) is 1. The number of H-pyrrole nitrogens is 1. The van der Waals surface area contributed by atoms with Crippen LogP contribution in [0.25, 0.3) is 10.9 Å². The van der Waals surface area contributed by atoms with Gasteiger partial charge in [-0.1, -0.05) is 0 Å². The van der Waals surface area contributed by atoms with Gasteiger partial charge < -0.3 is 19.8 Å². The highest BCUT2D eigenvalue weighted by Gasteiger charge is 2.43. The Morgan fingerprint density at radius 3 is 2.96 bits per heavy atom. The van der Waals surface area contributed by atoms with Gasteiger partial charge in [0.25, 0.3) is 5.56 Å². The van der Waals surface area contributed by atoms with E-state index >= 15 is 0 Å². The lowest BCUT2D eigenvalue weighted by Gasteiger charge is -2.38. The largest absolute Gasteiger partial charge is 0.497 e. The highest BCUT2D eigenvalue weighted by Crippen LogP contribution is 2.29. The van der Waals surface area contributed by atoms with Crippen molar-refractivity contribution in [2.45, 2.75) is 25.0 Å². The van der Waals surface area contributed by atoms with Gasteiger partial charge in [0.2, 0.25) is 0 Å². The first-order chi connectivity index (χ1) is 12.1. The molecule has 2 aliphatic heterocycles. The molecule has 0 bridgehead atoms. The molecule has 2 aromatic rings. The number of aromatic nitrogens is 1. The fraction of sp³-hybridized carbons (Fsp3) is 0.444. The summed E-state index contributed by atoms with van der Waals surface area (Å²) in [7, 11) is 1.62. The number of ether oxygens (including phenoxy) is 2. The van der Waals surface area contributed by atoms with E-state index in [0.717, 1.165) is 36.0 Å². The summed E-state index contributed by atoms with van der Waals surface area (Å²) in [5.74, 6) is 0.756. The van der Waals surface area contributed by atoms with Crippen LogP contribution in [-0.2, 0) is 11.3 Å². The van der Waals surface area contributed by atoms with Gasteiger partial charge >= 0.3 is 6.09 Å². The maximum Gasteiger partial charge on any atom is 0.407 e. The molecular formula is C18H21N3O4. The van der Waals surface area contributed by atoms with Gasteiger partial charge in [0.1, 0.15) is 11.4 Å². The Morgan fingerprint density at radius 1 is 1.32 bits per heavy atom. The van der Waals surface area contributed by atoms with Gasteiger partial charge in [-0.2, -0.15) is 0 Å². The first-order valence-electron chi connectivity index (χ1n) is 8.46. The molecule has 7 heteroatoms. The molecule has 0 saturated carbocycles. The molecule has 2 fully saturated rings. The second kappa shape index (κ2) is 6.07. The molecule has 0 radical (unpaired) electrons. The standard InChI is InChI=1S/C18H21N3O4/c1-24-14-3-4-15-12(8-14)7-13(16(22)20-15)9-21-6-2-5-18(11-21)10-19-17(23)25-18/h3-4,7-8H,2,5-6,9-11H2,1H3,(H,19,23)(H,20,22)/t18-/m1/s1. The third kappa shape index (κ3) is 3.07. The topological polar surface area (TPSA) is 83.7 Å². The average molecular weight is 343 g/mol. The highest BCUT2D eigenvalue weighted by atomic mass is 16.6. The number of pyridine rings is 1. The summed E-state index contributed by atoms with van der Waals surface area (Å²) >= 11 is 0. The molecule has 1 amide bonds. The summed E-state index contributed by atoms with van der Waals surface area (Å²) in [4.78, 5) is 29.0. The zero-order chi connectivity index (χ0) is 17.4. The molecule has 25 heavy (non-hydrogen) atoms. The number of nitrogens with one attached hydrogen (secondary N) is 2. The Balaban J connectivity index is 1.58. The number of aromatic amines is 1. The number of carbonyl (C=O) groups is 1. The summed E-state index contributed by atoms with van der Waals surface area (Å²) < 4.78 is 10.8. The van der Waals surface area contributed by atoms with Gasteiger partial charge in [-0.15, -0.1) is 0 Å². The fourth-order valence-electron chi connectivity index (χ4n) is 3.77. The van der Waals surface area contributed by atoms with E-state index in [1.54, 1.807) is 7.11 Å². The molecule has 2 N–H and O–H groups in total. The molecule has 2 saturated heterocycles. The maximum atomic E-state index is 12.4. The lowest BCUT2D eigenvalue weighted by Crippen LogP contribution is -2.50. The van der Waals surface area contributed by atoms with E-state index in [1.165, 1.54) is 0 Å². The lowest BCUT2D eigenvalue weighted by molar-refractivity contribution is -0.0112. The first-order valence-corrected chi connectivity index (χ1v) is 8.46. The molecule has 7 nitrogen and oxygen atoms in total. The van der Waals surface area contributed by atoms with E-state index in [0.29, 0.717) is 25.2 Å². The van der Waals surface area contributed by atoms with Crippen molar-refractivity contribution in [1.29, 1.82) is 0 Å². The summed E-state index contributed by atoms with van der Waals surface area (Å²) in [5, 5.41) is 3.68. The van der Waals surface area contributed by atoms with E-state index in [1.807, 2.05) is 24.3 Å². The van der Waals surface area contributed by atoms with E-state index < -0.39 is 5.60 Å². The van der Waals surface area contributed by atoms with Gasteiger partial charge in [0, 0.05) is 29.6 Å². The van der Waals surface area contributed by atoms with E-state index in [-0.39, 0.29) is 11.7 Å². The quantitative estimate of drug-likeness (QED) is 0.885. The summed E-state index contributed by atoms with van der Waals surface area (Å²) in [6.45, 7) is 2.59. The van der Waals surface area contributed by atoms with Crippen LogP contribution in [0.3, 0.4) is 0 Å². The molecule has 4 rings (SSSR count). The molecule has 1 atom stereocenters. The van der Waals surface area contributed by atoms with Crippen LogP contribution in [-0.4, -0.2) is 48.3 Å². The minimum Gasteiger partial charge on any atom is -0.497 e. The monoisotopic (exact) mass is 343 g/mol. The lowest BCUT2D eigenvalue weighted by atomic mass is 9.93. The van der Waals surface area contributed by atoms with Gasteiger partial charge in [0.15, 0.2) is 0 Å². The van der Waals surface area contributed by atoms with Crippen LogP contribution in [0.2, 0.25) is 0 Å². The number of methoxy groups -OCH3 is 1. The first kappa shape index (κ1) is 16.0. The predicted octanol–water partition coefficient (Wildman–Crippen LogP) is 1.61.